The van der Waals surface area contributed by atoms with Crippen molar-refractivity contribution in [2.75, 3.05) is 4.90 Å². The molecule has 0 radical (unpaired) electrons. The molecular formula is C48H29NO2S. The SMILES string of the molecule is [2H]c1c([2H])c([2H])c2c(oc3c([2H])c(N(c4ccc(-c5cccc6c5oc5ccccc56)cc4)c4ccc(-c5cccc6c5sc5ccccc56)cc4)c([2H])c([2H])c32)c1[2H]. The van der Waals surface area contributed by atoms with Crippen molar-refractivity contribution < 1.29 is 18.4 Å². The van der Waals surface area contributed by atoms with Crippen molar-refractivity contribution in [1.29, 1.82) is 0 Å². The van der Waals surface area contributed by atoms with E-state index < -0.39 is 18.1 Å². The van der Waals surface area contributed by atoms with Gasteiger partial charge in [-0.2, -0.15) is 0 Å². The Balaban J connectivity index is 1.10. The maximum Gasteiger partial charge on any atom is 0.143 e. The molecule has 3 heterocycles. The Bertz CT molecular complexity index is 3380. The third kappa shape index (κ3) is 4.51. The lowest BCUT2D eigenvalue weighted by Crippen LogP contribution is -2.09. The minimum Gasteiger partial charge on any atom is -0.456 e. The molecule has 4 heteroatoms. The summed E-state index contributed by atoms with van der Waals surface area (Å²) in [5.41, 5.74) is 6.55. The van der Waals surface area contributed by atoms with Crippen molar-refractivity contribution in [3.05, 3.63) is 176 Å². The Labute approximate surface area is 313 Å². The zero-order chi connectivity index (χ0) is 40.3. The first-order valence-corrected chi connectivity index (χ1v) is 17.7. The van der Waals surface area contributed by atoms with Gasteiger partial charge in [0.05, 0.1) is 9.60 Å². The van der Waals surface area contributed by atoms with Crippen LogP contribution in [-0.2, 0) is 0 Å². The molecule has 0 aliphatic rings. The number of thiophene rings is 1. The van der Waals surface area contributed by atoms with Crippen LogP contribution in [0.5, 0.6) is 0 Å². The lowest BCUT2D eigenvalue weighted by Gasteiger charge is -2.26. The van der Waals surface area contributed by atoms with E-state index in [0.29, 0.717) is 11.4 Å². The summed E-state index contributed by atoms with van der Waals surface area (Å²) in [6, 6.07) is 41.9. The molecule has 11 rings (SSSR count). The normalized spacial score (nSPS) is 13.7. The van der Waals surface area contributed by atoms with E-state index in [9.17, 15) is 4.11 Å². The molecule has 0 spiro atoms. The zero-order valence-corrected chi connectivity index (χ0v) is 28.2. The van der Waals surface area contributed by atoms with Gasteiger partial charge in [0.15, 0.2) is 0 Å². The van der Waals surface area contributed by atoms with Gasteiger partial charge in [0.1, 0.15) is 22.3 Å². The number of fused-ring (bicyclic) bond motifs is 9. The van der Waals surface area contributed by atoms with E-state index in [-0.39, 0.29) is 51.8 Å². The predicted octanol–water partition coefficient (Wildman–Crippen LogP) is 14.7. The highest BCUT2D eigenvalue weighted by molar-refractivity contribution is 7.26. The summed E-state index contributed by atoms with van der Waals surface area (Å²) in [4.78, 5) is 1.76. The summed E-state index contributed by atoms with van der Waals surface area (Å²) in [6.07, 6.45) is 0. The van der Waals surface area contributed by atoms with Crippen LogP contribution in [-0.4, -0.2) is 0 Å². The third-order valence-electron chi connectivity index (χ3n) is 9.78. The first-order valence-electron chi connectivity index (χ1n) is 20.4. The average molecular weight is 691 g/mol. The molecule has 0 saturated heterocycles. The molecule has 3 aromatic heterocycles. The van der Waals surface area contributed by atoms with E-state index in [2.05, 4.69) is 42.5 Å². The molecule has 0 saturated carbocycles. The van der Waals surface area contributed by atoms with E-state index in [1.165, 1.54) is 20.2 Å². The van der Waals surface area contributed by atoms with Crippen molar-refractivity contribution in [3.8, 4) is 22.3 Å². The summed E-state index contributed by atoms with van der Waals surface area (Å²) < 4.78 is 76.8. The van der Waals surface area contributed by atoms with Crippen molar-refractivity contribution in [2.45, 2.75) is 0 Å². The first-order chi connectivity index (χ1) is 28.7. The van der Waals surface area contributed by atoms with Gasteiger partial charge in [-0.3, -0.25) is 0 Å². The van der Waals surface area contributed by atoms with E-state index >= 15 is 0 Å². The van der Waals surface area contributed by atoms with Gasteiger partial charge in [0.25, 0.3) is 0 Å². The molecule has 11 aromatic rings. The third-order valence-corrected chi connectivity index (χ3v) is 11.0. The largest absolute Gasteiger partial charge is 0.456 e. The Morgan fingerprint density at radius 1 is 0.442 bits per heavy atom. The average Bonchev–Trinajstić information content (AvgIpc) is 3.98. The quantitative estimate of drug-likeness (QED) is 0.180. The molecule has 0 aliphatic carbocycles. The van der Waals surface area contributed by atoms with Crippen LogP contribution in [0.25, 0.3) is 86.3 Å². The van der Waals surface area contributed by atoms with Crippen molar-refractivity contribution >= 4 is 92.4 Å². The van der Waals surface area contributed by atoms with Gasteiger partial charge < -0.3 is 13.7 Å². The van der Waals surface area contributed by atoms with Crippen LogP contribution in [0.1, 0.15) is 9.60 Å². The number of benzene rings is 8. The fourth-order valence-corrected chi connectivity index (χ4v) is 8.57. The van der Waals surface area contributed by atoms with Crippen LogP contribution < -0.4 is 4.90 Å². The standard InChI is InChI=1S/C48H29NO2S/c1-4-16-43-37(9-1)39-28-27-34(29-45(39)50-43)49(32-23-19-30(20-24-32)35-12-7-14-41-38-10-2-5-17-44(38)51-47(35)41)33-25-21-31(22-26-33)36-13-8-15-42-40-11-3-6-18-46(40)52-48(36)42/h1-29H/i1D,4D,9D,16D,27D,28D,29D. The second kappa shape index (κ2) is 11.5. The minimum atomic E-state index is -0.475. The fraction of sp³-hybridized carbons (Fsp3) is 0. The van der Waals surface area contributed by atoms with E-state index in [1.807, 2.05) is 91.0 Å². The number of hydrogen-bond donors (Lipinski definition) is 0. The molecule has 0 aliphatic heterocycles. The second-order valence-electron chi connectivity index (χ2n) is 12.7. The Kier molecular flexibility index (Phi) is 5.06. The smallest absolute Gasteiger partial charge is 0.143 e. The summed E-state index contributed by atoms with van der Waals surface area (Å²) in [6.45, 7) is 0. The van der Waals surface area contributed by atoms with Gasteiger partial charge in [-0.05, 0) is 71.2 Å². The zero-order valence-electron chi connectivity index (χ0n) is 34.4. The van der Waals surface area contributed by atoms with Crippen LogP contribution in [0.4, 0.5) is 17.1 Å². The highest BCUT2D eigenvalue weighted by atomic mass is 32.1. The number of furan rings is 2. The molecular weight excluding hydrogens is 655 g/mol. The molecule has 0 bridgehead atoms. The van der Waals surface area contributed by atoms with E-state index in [4.69, 9.17) is 14.3 Å². The lowest BCUT2D eigenvalue weighted by molar-refractivity contribution is 0.669. The van der Waals surface area contributed by atoms with Crippen molar-refractivity contribution in [1.82, 2.24) is 0 Å². The van der Waals surface area contributed by atoms with E-state index in [0.717, 1.165) is 44.2 Å². The summed E-state index contributed by atoms with van der Waals surface area (Å²) >= 11 is 1.75. The molecule has 52 heavy (non-hydrogen) atoms. The highest BCUT2D eigenvalue weighted by Gasteiger charge is 2.18. The first kappa shape index (κ1) is 23.0. The number of rotatable bonds is 5. The summed E-state index contributed by atoms with van der Waals surface area (Å²) in [7, 11) is 0. The van der Waals surface area contributed by atoms with Crippen molar-refractivity contribution in [2.24, 2.45) is 0 Å². The van der Waals surface area contributed by atoms with Crippen LogP contribution in [0, 0.1) is 0 Å². The van der Waals surface area contributed by atoms with E-state index in [1.54, 1.807) is 16.2 Å². The molecule has 3 nitrogen and oxygen atoms in total. The van der Waals surface area contributed by atoms with Gasteiger partial charge >= 0.3 is 0 Å². The molecule has 0 atom stereocenters. The highest BCUT2D eigenvalue weighted by Crippen LogP contribution is 2.43. The molecule has 244 valence electrons. The fourth-order valence-electron chi connectivity index (χ4n) is 7.34. The monoisotopic (exact) mass is 690 g/mol. The maximum atomic E-state index is 9.56. The van der Waals surface area contributed by atoms with Crippen LogP contribution >= 0.6 is 11.3 Å². The molecule has 8 aromatic carbocycles. The Hall–Kier alpha value is -6.62. The van der Waals surface area contributed by atoms with Gasteiger partial charge in [-0.15, -0.1) is 11.3 Å². The molecule has 0 amide bonds. The van der Waals surface area contributed by atoms with Crippen molar-refractivity contribution in [3.63, 3.8) is 0 Å². The second-order valence-corrected chi connectivity index (χ2v) is 13.8. The Morgan fingerprint density at radius 2 is 1.10 bits per heavy atom. The number of para-hydroxylation sites is 3. The maximum absolute atomic E-state index is 9.56. The van der Waals surface area contributed by atoms with Gasteiger partial charge in [-0.25, -0.2) is 0 Å². The lowest BCUT2D eigenvalue weighted by atomic mass is 10.0. The van der Waals surface area contributed by atoms with Gasteiger partial charge in [0.2, 0.25) is 0 Å². The Morgan fingerprint density at radius 3 is 1.92 bits per heavy atom. The number of hydrogen-bond acceptors (Lipinski definition) is 4. The molecule has 0 fully saturated rings. The van der Waals surface area contributed by atoms with Gasteiger partial charge in [0, 0.05) is 70.4 Å². The van der Waals surface area contributed by atoms with Crippen LogP contribution in [0.15, 0.2) is 185 Å². The molecule has 0 unspecified atom stereocenters. The molecule has 0 N–H and O–H groups in total. The van der Waals surface area contributed by atoms with Crippen LogP contribution in [0.3, 0.4) is 0 Å². The number of anilines is 3. The van der Waals surface area contributed by atoms with Gasteiger partial charge in [-0.1, -0.05) is 115 Å². The topological polar surface area (TPSA) is 29.5 Å². The predicted molar refractivity (Wildman–Crippen MR) is 219 cm³/mol. The summed E-state index contributed by atoms with van der Waals surface area (Å²) in [5, 5.41) is 4.44. The van der Waals surface area contributed by atoms with Crippen LogP contribution in [0.2, 0.25) is 0 Å². The minimum absolute atomic E-state index is 0.00625. The summed E-state index contributed by atoms with van der Waals surface area (Å²) in [5.74, 6) is 0. The number of nitrogens with zero attached hydrogens (tertiary/aromatic N) is 1.